The zero-order chi connectivity index (χ0) is 3.58. The highest BCUT2D eigenvalue weighted by Crippen LogP contribution is 1.13. The third kappa shape index (κ3) is 210. The van der Waals surface area contributed by atoms with Gasteiger partial charge in [0, 0.05) is 30.8 Å². The van der Waals surface area contributed by atoms with Crippen LogP contribution in [0.2, 0.25) is 0 Å². The van der Waals surface area contributed by atoms with E-state index in [9.17, 15) is 0 Å². The van der Waals surface area contributed by atoms with Crippen LogP contribution in [0.4, 0.5) is 0 Å². The Kier molecular flexibility index (Phi) is 636. The lowest BCUT2D eigenvalue weighted by atomic mass is 11.1. The number of nitrogens with one attached hydrogen (secondary N) is 1. The summed E-state index contributed by atoms with van der Waals surface area (Å²) in [6, 6.07) is 0. The van der Waals surface area contributed by atoms with Crippen LogP contribution in [0.25, 0.3) is 0 Å². The molecule has 0 aliphatic heterocycles. The van der Waals surface area contributed by atoms with Crippen LogP contribution in [-0.4, -0.2) is 5.96 Å². The molecular weight excluding hydrogens is 124 g/mol. The highest BCUT2D eigenvalue weighted by molar-refractivity contribution is 5.71. The summed E-state index contributed by atoms with van der Waals surface area (Å²) in [6.07, 6.45) is 0. The van der Waals surface area contributed by atoms with Crippen LogP contribution in [0.1, 0.15) is 0 Å². The van der Waals surface area contributed by atoms with E-state index in [0.717, 1.165) is 0 Å². The molecule has 0 fully saturated rings. The quantitative estimate of drug-likeness (QED) is 0.222. The van der Waals surface area contributed by atoms with Crippen molar-refractivity contribution in [1.29, 1.82) is 5.41 Å². The highest BCUT2D eigenvalue weighted by atomic mass is 14.9. The van der Waals surface area contributed by atoms with Crippen molar-refractivity contribution in [2.45, 2.75) is 0 Å². The molecule has 0 unspecified atom stereocenters. The Balaban J connectivity index is -0.00000000450. The molecule has 0 bridgehead atoms. The number of hydrogen-bond acceptors (Lipinski definition) is 1. The minimum absolute atomic E-state index is 0. The lowest BCUT2D eigenvalue weighted by molar-refractivity contribution is 1.39. The zero-order valence-corrected chi connectivity index (χ0v) is 4.39. The lowest BCUT2D eigenvalue weighted by Crippen LogP contribution is -2.20. The second-order valence-corrected chi connectivity index (χ2v) is 0.455. The monoisotopic (exact) mass is 129 g/mol. The van der Waals surface area contributed by atoms with E-state index in [2.05, 4.69) is 11.5 Å². The second kappa shape index (κ2) is 60.8. The fourth-order valence-electron chi connectivity index (χ4n) is 0. The molecule has 49 valence electrons. The summed E-state index contributed by atoms with van der Waals surface area (Å²) >= 11 is 0. The molecule has 0 rings (SSSR count). The van der Waals surface area contributed by atoms with Gasteiger partial charge in [-0.15, -0.1) is 0 Å². The SMILES string of the molecule is N=C(N)N.[N].[N].[N].[N].[N]. The average molecular weight is 129 g/mol. The van der Waals surface area contributed by atoms with Gasteiger partial charge in [-0.3, -0.25) is 5.41 Å². The number of nitrogens with two attached hydrogens (primary N) is 2. The molecule has 8 heteroatoms. The predicted molar refractivity (Wildman–Crippen MR) is 26.8 cm³/mol. The van der Waals surface area contributed by atoms with E-state index in [1.165, 1.54) is 0 Å². The van der Waals surface area contributed by atoms with E-state index in [1.807, 2.05) is 0 Å². The molecule has 0 aromatic heterocycles. The standard InChI is InChI=1S/CH5N3.5N/c2-1(3)4;;;;;/h(H5,2,3,4);;;;;. The molecule has 0 spiro atoms. The molecule has 5 N–H and O–H groups in total. The molecule has 0 atom stereocenters. The largest absolute Gasteiger partial charge is 0.370 e. The van der Waals surface area contributed by atoms with Crippen molar-refractivity contribution < 1.29 is 0 Å². The van der Waals surface area contributed by atoms with Crippen molar-refractivity contribution >= 4 is 5.96 Å². The van der Waals surface area contributed by atoms with Gasteiger partial charge in [0.15, 0.2) is 5.96 Å². The van der Waals surface area contributed by atoms with Gasteiger partial charge in [-0.05, 0) is 0 Å². The summed E-state index contributed by atoms with van der Waals surface area (Å²) in [4.78, 5) is 0. The summed E-state index contributed by atoms with van der Waals surface area (Å²) in [5, 5.41) is 6.06. The van der Waals surface area contributed by atoms with Gasteiger partial charge in [-0.1, -0.05) is 0 Å². The van der Waals surface area contributed by atoms with Crippen molar-refractivity contribution in [3.05, 3.63) is 0 Å². The fraction of sp³-hybridized carbons (Fsp3) is 0. The third-order valence-corrected chi connectivity index (χ3v) is 0. The van der Waals surface area contributed by atoms with E-state index in [0.29, 0.717) is 0 Å². The Bertz CT molecular complexity index is 27.5. The maximum atomic E-state index is 6.06. The van der Waals surface area contributed by atoms with Gasteiger partial charge in [0.05, 0.1) is 0 Å². The van der Waals surface area contributed by atoms with Crippen LogP contribution in [-0.2, 0) is 0 Å². The smallest absolute Gasteiger partial charge is 0.183 e. The third-order valence-electron chi connectivity index (χ3n) is 0. The molecule has 0 heterocycles. The van der Waals surface area contributed by atoms with Crippen LogP contribution in [0.15, 0.2) is 0 Å². The summed E-state index contributed by atoms with van der Waals surface area (Å²) in [5.41, 5.74) is 8.94. The van der Waals surface area contributed by atoms with Crippen LogP contribution in [0, 0.1) is 5.41 Å². The van der Waals surface area contributed by atoms with Crippen LogP contribution in [0.3, 0.4) is 0 Å². The number of nitrogens with zero attached hydrogens (tertiary/aromatic N) is 5. The van der Waals surface area contributed by atoms with Gasteiger partial charge in [-0.25, -0.2) is 0 Å². The van der Waals surface area contributed by atoms with Crippen molar-refractivity contribution in [3.8, 4) is 0 Å². The van der Waals surface area contributed by atoms with Gasteiger partial charge in [0.1, 0.15) is 0 Å². The van der Waals surface area contributed by atoms with Crippen molar-refractivity contribution in [1.82, 2.24) is 30.8 Å². The summed E-state index contributed by atoms with van der Waals surface area (Å²) in [7, 11) is 0. The first-order valence-corrected chi connectivity index (χ1v) is 0.827. The normalized spacial score (nSPS) is 2.67. The molecule has 0 aliphatic carbocycles. The minimum Gasteiger partial charge on any atom is -0.370 e. The number of hydrogen-bond donors (Lipinski definition) is 3. The summed E-state index contributed by atoms with van der Waals surface area (Å²) in [6.45, 7) is 0. The highest BCUT2D eigenvalue weighted by Gasteiger charge is 1.52. The summed E-state index contributed by atoms with van der Waals surface area (Å²) < 4.78 is 0. The average Bonchev–Trinajstić information content (AvgIpc) is 0.811. The van der Waals surface area contributed by atoms with Crippen molar-refractivity contribution in [2.75, 3.05) is 0 Å². The van der Waals surface area contributed by atoms with Gasteiger partial charge >= 0.3 is 0 Å². The Morgan fingerprint density at radius 2 is 0.778 bits per heavy atom. The molecular formula is CH5N8. The number of guanidine groups is 1. The number of rotatable bonds is 0. The molecule has 9 heavy (non-hydrogen) atoms. The molecule has 15 radical (unpaired) electrons. The van der Waals surface area contributed by atoms with E-state index < -0.39 is 0 Å². The van der Waals surface area contributed by atoms with Crippen LogP contribution >= 0.6 is 0 Å². The molecule has 0 aromatic rings. The maximum absolute atomic E-state index is 6.06. The van der Waals surface area contributed by atoms with Gasteiger partial charge in [0.25, 0.3) is 0 Å². The molecule has 0 amide bonds. The van der Waals surface area contributed by atoms with Gasteiger partial charge < -0.3 is 11.5 Å². The van der Waals surface area contributed by atoms with Crippen molar-refractivity contribution in [2.24, 2.45) is 11.5 Å². The van der Waals surface area contributed by atoms with Gasteiger partial charge in [-0.2, -0.15) is 0 Å². The molecule has 0 aliphatic rings. The predicted octanol–water partition coefficient (Wildman–Crippen LogP) is -3.56. The van der Waals surface area contributed by atoms with Crippen molar-refractivity contribution in [3.63, 3.8) is 0 Å². The molecule has 8 nitrogen and oxygen atoms in total. The van der Waals surface area contributed by atoms with E-state index in [1.54, 1.807) is 0 Å². The van der Waals surface area contributed by atoms with Crippen LogP contribution < -0.4 is 42.2 Å². The Labute approximate surface area is 54.8 Å². The maximum Gasteiger partial charge on any atom is 0.183 e. The fourth-order valence-corrected chi connectivity index (χ4v) is 0. The van der Waals surface area contributed by atoms with Gasteiger partial charge in [0.2, 0.25) is 0 Å². The minimum atomic E-state index is -0.333. The van der Waals surface area contributed by atoms with E-state index >= 15 is 0 Å². The molecule has 0 aromatic carbocycles. The molecule has 0 saturated carbocycles. The topological polar surface area (TPSA) is 228 Å². The first-order chi connectivity index (χ1) is 1.73. The zero-order valence-electron chi connectivity index (χ0n) is 4.39. The lowest BCUT2D eigenvalue weighted by Gasteiger charge is -1.69. The Morgan fingerprint density at radius 1 is 0.778 bits per heavy atom. The first-order valence-electron chi connectivity index (χ1n) is 0.827. The van der Waals surface area contributed by atoms with Crippen LogP contribution in [0.5, 0.6) is 0 Å². The summed E-state index contributed by atoms with van der Waals surface area (Å²) in [5.74, 6) is -0.333. The van der Waals surface area contributed by atoms with E-state index in [-0.39, 0.29) is 36.7 Å². The molecule has 0 saturated heterocycles. The first kappa shape index (κ1) is 94.1. The Morgan fingerprint density at radius 3 is 0.778 bits per heavy atom. The second-order valence-electron chi connectivity index (χ2n) is 0.455. The Hall–Kier alpha value is -0.930. The van der Waals surface area contributed by atoms with E-state index in [4.69, 9.17) is 5.41 Å².